The maximum atomic E-state index is 9.76. The molecule has 1 atom stereocenters. The zero-order chi connectivity index (χ0) is 19.1. The third kappa shape index (κ3) is 3.11. The molecule has 146 valence electrons. The number of nitrogens with one attached hydrogen (secondary N) is 1. The van der Waals surface area contributed by atoms with Crippen LogP contribution in [0.15, 0.2) is 31.0 Å². The summed E-state index contributed by atoms with van der Waals surface area (Å²) in [6.07, 6.45) is 8.90. The molecule has 9 heteroatoms. The van der Waals surface area contributed by atoms with Gasteiger partial charge in [-0.2, -0.15) is 10.1 Å². The standard InChI is InChI=1S/C19H24N8O/c1-25-9-13(8-23-25)15-10-27(11-16-18(15)22-12-21-16)19-20-5-2-17(24-19)26-6-3-14(28)4-7-26/h2,5,8-9,12,14-15,28H,3-4,6-7,10-11H2,1H3,(H,21,22). The van der Waals surface area contributed by atoms with E-state index >= 15 is 0 Å². The highest BCUT2D eigenvalue weighted by atomic mass is 16.3. The van der Waals surface area contributed by atoms with E-state index in [4.69, 9.17) is 4.98 Å². The van der Waals surface area contributed by atoms with E-state index in [1.807, 2.05) is 36.4 Å². The number of fused-ring (bicyclic) bond motifs is 1. The molecule has 3 aromatic heterocycles. The van der Waals surface area contributed by atoms with Crippen LogP contribution in [-0.2, 0) is 13.6 Å². The highest BCUT2D eigenvalue weighted by molar-refractivity contribution is 5.47. The summed E-state index contributed by atoms with van der Waals surface area (Å²) < 4.78 is 1.82. The number of piperidine rings is 1. The lowest BCUT2D eigenvalue weighted by atomic mass is 9.93. The molecule has 0 saturated carbocycles. The highest BCUT2D eigenvalue weighted by Crippen LogP contribution is 2.33. The zero-order valence-electron chi connectivity index (χ0n) is 15.9. The first-order valence-corrected chi connectivity index (χ1v) is 9.69. The Morgan fingerprint density at radius 1 is 1.18 bits per heavy atom. The fourth-order valence-electron chi connectivity index (χ4n) is 4.12. The Morgan fingerprint density at radius 2 is 2.04 bits per heavy atom. The molecule has 1 unspecified atom stereocenters. The second-order valence-electron chi connectivity index (χ2n) is 7.58. The molecule has 9 nitrogen and oxygen atoms in total. The van der Waals surface area contributed by atoms with E-state index < -0.39 is 0 Å². The summed E-state index contributed by atoms with van der Waals surface area (Å²) in [7, 11) is 1.93. The quantitative estimate of drug-likeness (QED) is 0.701. The fourth-order valence-corrected chi connectivity index (χ4v) is 4.12. The third-order valence-electron chi connectivity index (χ3n) is 5.66. The molecule has 28 heavy (non-hydrogen) atoms. The average molecular weight is 380 g/mol. The van der Waals surface area contributed by atoms with Crippen LogP contribution in [0, 0.1) is 0 Å². The molecule has 5 rings (SSSR count). The van der Waals surface area contributed by atoms with Crippen LogP contribution >= 0.6 is 0 Å². The summed E-state index contributed by atoms with van der Waals surface area (Å²) in [5, 5.41) is 14.1. The van der Waals surface area contributed by atoms with E-state index in [-0.39, 0.29) is 12.0 Å². The van der Waals surface area contributed by atoms with Gasteiger partial charge in [0.15, 0.2) is 0 Å². The lowest BCUT2D eigenvalue weighted by Crippen LogP contribution is -2.38. The van der Waals surface area contributed by atoms with E-state index in [9.17, 15) is 5.11 Å². The van der Waals surface area contributed by atoms with Crippen LogP contribution in [0.1, 0.15) is 35.7 Å². The molecular weight excluding hydrogens is 356 g/mol. The highest BCUT2D eigenvalue weighted by Gasteiger charge is 2.31. The lowest BCUT2D eigenvalue weighted by Gasteiger charge is -2.33. The van der Waals surface area contributed by atoms with Crippen LogP contribution < -0.4 is 9.80 Å². The van der Waals surface area contributed by atoms with Crippen molar-refractivity contribution in [2.45, 2.75) is 31.4 Å². The number of hydrogen-bond acceptors (Lipinski definition) is 7. The van der Waals surface area contributed by atoms with Gasteiger partial charge in [-0.3, -0.25) is 4.68 Å². The number of imidazole rings is 1. The van der Waals surface area contributed by atoms with Gasteiger partial charge in [0, 0.05) is 50.6 Å². The van der Waals surface area contributed by atoms with Gasteiger partial charge in [0.05, 0.1) is 36.6 Å². The van der Waals surface area contributed by atoms with Gasteiger partial charge in [-0.1, -0.05) is 0 Å². The van der Waals surface area contributed by atoms with Crippen molar-refractivity contribution in [2.24, 2.45) is 7.05 Å². The van der Waals surface area contributed by atoms with Crippen molar-refractivity contribution >= 4 is 11.8 Å². The number of aliphatic hydroxyl groups is 1. The van der Waals surface area contributed by atoms with Gasteiger partial charge in [-0.15, -0.1) is 0 Å². The molecule has 3 aromatic rings. The SMILES string of the molecule is Cn1cc(C2CN(c3nccc(N4CCC(O)CC4)n3)Cc3[nH]cnc32)cn1. The van der Waals surface area contributed by atoms with Gasteiger partial charge in [-0.25, -0.2) is 9.97 Å². The summed E-state index contributed by atoms with van der Waals surface area (Å²) in [5.41, 5.74) is 3.31. The van der Waals surface area contributed by atoms with Crippen LogP contribution in [0.2, 0.25) is 0 Å². The van der Waals surface area contributed by atoms with E-state index in [0.29, 0.717) is 6.54 Å². The van der Waals surface area contributed by atoms with Gasteiger partial charge in [0.1, 0.15) is 5.82 Å². The molecule has 0 aromatic carbocycles. The monoisotopic (exact) mass is 380 g/mol. The van der Waals surface area contributed by atoms with Crippen molar-refractivity contribution in [3.05, 3.63) is 47.9 Å². The van der Waals surface area contributed by atoms with E-state index in [1.54, 1.807) is 6.33 Å². The van der Waals surface area contributed by atoms with E-state index in [2.05, 4.69) is 29.9 Å². The Kier molecular flexibility index (Phi) is 4.23. The Morgan fingerprint density at radius 3 is 2.82 bits per heavy atom. The Labute approximate surface area is 163 Å². The van der Waals surface area contributed by atoms with Crippen LogP contribution in [0.25, 0.3) is 0 Å². The molecular formula is C19H24N8O. The average Bonchev–Trinajstić information content (AvgIpc) is 3.36. The Hall–Kier alpha value is -2.94. The van der Waals surface area contributed by atoms with Crippen LogP contribution in [0.3, 0.4) is 0 Å². The van der Waals surface area contributed by atoms with Crippen molar-refractivity contribution in [3.63, 3.8) is 0 Å². The van der Waals surface area contributed by atoms with E-state index in [0.717, 1.165) is 61.2 Å². The van der Waals surface area contributed by atoms with Crippen molar-refractivity contribution in [1.82, 2.24) is 29.7 Å². The minimum absolute atomic E-state index is 0.126. The van der Waals surface area contributed by atoms with Crippen molar-refractivity contribution in [2.75, 3.05) is 29.4 Å². The van der Waals surface area contributed by atoms with Crippen LogP contribution in [0.5, 0.6) is 0 Å². The number of aromatic nitrogens is 6. The first-order chi connectivity index (χ1) is 13.7. The molecule has 5 heterocycles. The maximum Gasteiger partial charge on any atom is 0.227 e. The summed E-state index contributed by atoms with van der Waals surface area (Å²) in [4.78, 5) is 21.6. The van der Waals surface area contributed by atoms with Crippen molar-refractivity contribution in [3.8, 4) is 0 Å². The number of aliphatic hydroxyl groups excluding tert-OH is 1. The topological polar surface area (TPSA) is 99.0 Å². The molecule has 1 fully saturated rings. The zero-order valence-corrected chi connectivity index (χ0v) is 15.9. The first kappa shape index (κ1) is 17.2. The maximum absolute atomic E-state index is 9.76. The smallest absolute Gasteiger partial charge is 0.227 e. The summed E-state index contributed by atoms with van der Waals surface area (Å²) in [6.45, 7) is 3.10. The van der Waals surface area contributed by atoms with Crippen molar-refractivity contribution in [1.29, 1.82) is 0 Å². The van der Waals surface area contributed by atoms with Crippen LogP contribution in [-0.4, -0.2) is 60.6 Å². The van der Waals surface area contributed by atoms with Gasteiger partial charge in [0.2, 0.25) is 5.95 Å². The number of nitrogens with zero attached hydrogens (tertiary/aromatic N) is 7. The second-order valence-corrected chi connectivity index (χ2v) is 7.58. The predicted octanol–water partition coefficient (Wildman–Crippen LogP) is 1.05. The fraction of sp³-hybridized carbons (Fsp3) is 0.474. The molecule has 0 aliphatic carbocycles. The third-order valence-corrected chi connectivity index (χ3v) is 5.66. The number of H-pyrrole nitrogens is 1. The Balaban J connectivity index is 1.43. The number of anilines is 2. The van der Waals surface area contributed by atoms with Crippen LogP contribution in [0.4, 0.5) is 11.8 Å². The molecule has 0 spiro atoms. The first-order valence-electron chi connectivity index (χ1n) is 9.69. The van der Waals surface area contributed by atoms with Gasteiger partial charge < -0.3 is 19.9 Å². The molecule has 2 N–H and O–H groups in total. The number of rotatable bonds is 3. The number of hydrogen-bond donors (Lipinski definition) is 2. The number of aromatic amines is 1. The normalized spacial score (nSPS) is 20.4. The molecule has 1 saturated heterocycles. The lowest BCUT2D eigenvalue weighted by molar-refractivity contribution is 0.145. The molecule has 2 aliphatic heterocycles. The molecule has 0 radical (unpaired) electrons. The minimum atomic E-state index is -0.196. The van der Waals surface area contributed by atoms with E-state index in [1.165, 1.54) is 0 Å². The summed E-state index contributed by atoms with van der Waals surface area (Å²) in [6, 6.07) is 1.95. The summed E-state index contributed by atoms with van der Waals surface area (Å²) >= 11 is 0. The van der Waals surface area contributed by atoms with Gasteiger partial charge in [-0.05, 0) is 18.9 Å². The van der Waals surface area contributed by atoms with Gasteiger partial charge in [0.25, 0.3) is 0 Å². The molecule has 0 bridgehead atoms. The second kappa shape index (κ2) is 6.90. The molecule has 2 aliphatic rings. The summed E-state index contributed by atoms with van der Waals surface area (Å²) in [5.74, 6) is 1.77. The predicted molar refractivity (Wildman–Crippen MR) is 104 cm³/mol. The Bertz CT molecular complexity index is 958. The van der Waals surface area contributed by atoms with Gasteiger partial charge >= 0.3 is 0 Å². The number of aryl methyl sites for hydroxylation is 1. The largest absolute Gasteiger partial charge is 0.393 e. The minimum Gasteiger partial charge on any atom is -0.393 e. The van der Waals surface area contributed by atoms with Crippen molar-refractivity contribution < 1.29 is 5.11 Å². The molecule has 0 amide bonds.